The Kier molecular flexibility index (Phi) is 4.66. The van der Waals surface area contributed by atoms with Gasteiger partial charge < -0.3 is 9.73 Å². The second-order valence-electron chi connectivity index (χ2n) is 7.45. The maximum absolute atomic E-state index is 12.8. The van der Waals surface area contributed by atoms with Gasteiger partial charge in [0, 0.05) is 28.4 Å². The Hall–Kier alpha value is -3.48. The van der Waals surface area contributed by atoms with E-state index >= 15 is 0 Å². The fraction of sp³-hybridized carbons (Fsp3) is 0.273. The number of furan rings is 1. The van der Waals surface area contributed by atoms with Gasteiger partial charge in [-0.2, -0.15) is 9.78 Å². The topological polar surface area (TPSA) is 85.8 Å². The lowest BCUT2D eigenvalue weighted by molar-refractivity contribution is -0.115. The largest absolute Gasteiger partial charge is 0.464 e. The van der Waals surface area contributed by atoms with Crippen LogP contribution in [-0.4, -0.2) is 25.7 Å². The van der Waals surface area contributed by atoms with Crippen molar-refractivity contribution in [2.75, 3.05) is 5.32 Å². The molecule has 7 heteroatoms. The van der Waals surface area contributed by atoms with Crippen molar-refractivity contribution in [2.24, 2.45) is 0 Å². The van der Waals surface area contributed by atoms with Crippen molar-refractivity contribution in [1.82, 2.24) is 19.7 Å². The molecule has 4 aromatic rings. The number of hydrogen-bond donors (Lipinski definition) is 1. The van der Waals surface area contributed by atoms with Gasteiger partial charge in [-0.1, -0.05) is 0 Å². The minimum absolute atomic E-state index is 0.156. The Balaban J connectivity index is 1.61. The van der Waals surface area contributed by atoms with E-state index in [-0.39, 0.29) is 12.3 Å². The van der Waals surface area contributed by atoms with Crippen molar-refractivity contribution < 1.29 is 9.21 Å². The quantitative estimate of drug-likeness (QED) is 0.567. The number of carbonyl (C=O) groups is 1. The predicted octanol–water partition coefficient (Wildman–Crippen LogP) is 4.13. The molecule has 3 aromatic heterocycles. The van der Waals surface area contributed by atoms with Gasteiger partial charge in [0.15, 0.2) is 0 Å². The third kappa shape index (κ3) is 3.76. The molecule has 0 fully saturated rings. The van der Waals surface area contributed by atoms with Gasteiger partial charge in [0.25, 0.3) is 5.95 Å². The number of nitrogens with zero attached hydrogens (tertiary/aromatic N) is 4. The van der Waals surface area contributed by atoms with Crippen molar-refractivity contribution in [3.8, 4) is 5.95 Å². The van der Waals surface area contributed by atoms with Gasteiger partial charge in [-0.15, -0.1) is 0 Å². The molecule has 0 radical (unpaired) electrons. The highest BCUT2D eigenvalue weighted by Crippen LogP contribution is 2.25. The second-order valence-corrected chi connectivity index (χ2v) is 7.45. The number of anilines is 1. The normalized spacial score (nSPS) is 11.2. The van der Waals surface area contributed by atoms with Gasteiger partial charge in [0.05, 0.1) is 18.4 Å². The summed E-state index contributed by atoms with van der Waals surface area (Å²) in [4.78, 5) is 21.7. The second kappa shape index (κ2) is 7.16. The predicted molar refractivity (Wildman–Crippen MR) is 111 cm³/mol. The SMILES string of the molecule is Cc1cc(C)nc(-n2nc(C)cc2NC(=O)Cc2coc3cc(C)c(C)cc23)n1. The van der Waals surface area contributed by atoms with E-state index in [1.54, 1.807) is 17.0 Å². The number of rotatable bonds is 4. The molecule has 0 bridgehead atoms. The summed E-state index contributed by atoms with van der Waals surface area (Å²) in [7, 11) is 0. The molecule has 1 aromatic carbocycles. The zero-order chi connectivity index (χ0) is 20.7. The molecule has 0 atom stereocenters. The first kappa shape index (κ1) is 18.9. The van der Waals surface area contributed by atoms with Gasteiger partial charge in [-0.25, -0.2) is 9.97 Å². The van der Waals surface area contributed by atoms with Crippen LogP contribution in [0.1, 0.15) is 33.8 Å². The first-order valence-corrected chi connectivity index (χ1v) is 9.46. The smallest absolute Gasteiger partial charge is 0.252 e. The minimum atomic E-state index is -0.156. The number of fused-ring (bicyclic) bond motifs is 1. The van der Waals surface area contributed by atoms with E-state index < -0.39 is 0 Å². The number of aromatic nitrogens is 4. The molecule has 7 nitrogen and oxygen atoms in total. The van der Waals surface area contributed by atoms with E-state index in [2.05, 4.69) is 33.4 Å². The third-order valence-corrected chi connectivity index (χ3v) is 4.88. The minimum Gasteiger partial charge on any atom is -0.464 e. The van der Waals surface area contributed by atoms with Crippen LogP contribution in [0.3, 0.4) is 0 Å². The van der Waals surface area contributed by atoms with Gasteiger partial charge in [-0.05, 0) is 63.9 Å². The maximum Gasteiger partial charge on any atom is 0.252 e. The summed E-state index contributed by atoms with van der Waals surface area (Å²) in [6, 6.07) is 7.77. The van der Waals surface area contributed by atoms with Crippen molar-refractivity contribution in [2.45, 2.75) is 41.0 Å². The molecule has 0 saturated carbocycles. The summed E-state index contributed by atoms with van der Waals surface area (Å²) in [5.41, 5.74) is 6.42. The first-order chi connectivity index (χ1) is 13.8. The molecule has 148 valence electrons. The molecule has 3 heterocycles. The van der Waals surface area contributed by atoms with Crippen LogP contribution in [0.25, 0.3) is 16.9 Å². The molecule has 29 heavy (non-hydrogen) atoms. The molecule has 0 aliphatic rings. The number of nitrogens with one attached hydrogen (secondary N) is 1. The van der Waals surface area contributed by atoms with Gasteiger partial charge in [0.2, 0.25) is 5.91 Å². The molecular formula is C22H23N5O2. The molecular weight excluding hydrogens is 366 g/mol. The van der Waals surface area contributed by atoms with Crippen LogP contribution in [0.4, 0.5) is 5.82 Å². The lowest BCUT2D eigenvalue weighted by Gasteiger charge is -2.08. The first-order valence-electron chi connectivity index (χ1n) is 9.46. The van der Waals surface area contributed by atoms with Crippen molar-refractivity contribution >= 4 is 22.7 Å². The molecule has 0 aliphatic heterocycles. The summed E-state index contributed by atoms with van der Waals surface area (Å²) in [6.45, 7) is 9.77. The molecule has 1 N–H and O–H groups in total. The molecule has 0 saturated heterocycles. The molecule has 0 unspecified atom stereocenters. The molecule has 0 spiro atoms. The van der Waals surface area contributed by atoms with Crippen LogP contribution in [0, 0.1) is 34.6 Å². The van der Waals surface area contributed by atoms with E-state index in [1.807, 2.05) is 39.8 Å². The van der Waals surface area contributed by atoms with Crippen LogP contribution in [0.2, 0.25) is 0 Å². The number of amides is 1. The Morgan fingerprint density at radius 1 is 0.966 bits per heavy atom. The van der Waals surface area contributed by atoms with Gasteiger partial charge in [0.1, 0.15) is 11.4 Å². The van der Waals surface area contributed by atoms with E-state index in [4.69, 9.17) is 4.42 Å². The van der Waals surface area contributed by atoms with Gasteiger partial charge in [-0.3, -0.25) is 4.79 Å². The van der Waals surface area contributed by atoms with Crippen LogP contribution in [0.15, 0.2) is 34.9 Å². The lowest BCUT2D eigenvalue weighted by atomic mass is 10.0. The number of benzene rings is 1. The highest BCUT2D eigenvalue weighted by molar-refractivity contribution is 5.95. The standard InChI is InChI=1S/C22H23N5O2/c1-12-6-18-17(11-29-19(18)7-13(12)2)10-21(28)25-20-9-16(5)26-27(20)22-23-14(3)8-15(4)24-22/h6-9,11H,10H2,1-5H3,(H,25,28). The van der Waals surface area contributed by atoms with E-state index in [9.17, 15) is 4.79 Å². The maximum atomic E-state index is 12.8. The Labute approximate surface area is 168 Å². The van der Waals surface area contributed by atoms with Crippen molar-refractivity contribution in [3.05, 3.63) is 64.3 Å². The lowest BCUT2D eigenvalue weighted by Crippen LogP contribution is -2.18. The van der Waals surface area contributed by atoms with E-state index in [0.29, 0.717) is 11.8 Å². The fourth-order valence-electron chi connectivity index (χ4n) is 3.38. The number of hydrogen-bond acceptors (Lipinski definition) is 5. The average molecular weight is 389 g/mol. The highest BCUT2D eigenvalue weighted by atomic mass is 16.3. The molecule has 4 rings (SSSR count). The zero-order valence-electron chi connectivity index (χ0n) is 17.2. The van der Waals surface area contributed by atoms with Crippen molar-refractivity contribution in [1.29, 1.82) is 0 Å². The summed E-state index contributed by atoms with van der Waals surface area (Å²) >= 11 is 0. The van der Waals surface area contributed by atoms with E-state index in [0.717, 1.165) is 39.2 Å². The summed E-state index contributed by atoms with van der Waals surface area (Å²) < 4.78 is 7.21. The monoisotopic (exact) mass is 389 g/mol. The summed E-state index contributed by atoms with van der Waals surface area (Å²) in [5.74, 6) is 0.819. The zero-order valence-corrected chi connectivity index (χ0v) is 17.2. The van der Waals surface area contributed by atoms with Crippen LogP contribution in [-0.2, 0) is 11.2 Å². The Morgan fingerprint density at radius 3 is 2.38 bits per heavy atom. The fourth-order valence-corrected chi connectivity index (χ4v) is 3.38. The van der Waals surface area contributed by atoms with Crippen LogP contribution < -0.4 is 5.32 Å². The molecule has 0 aliphatic carbocycles. The average Bonchev–Trinajstić information content (AvgIpc) is 3.18. The summed E-state index contributed by atoms with van der Waals surface area (Å²) in [5, 5.41) is 8.34. The Morgan fingerprint density at radius 2 is 1.66 bits per heavy atom. The number of aryl methyl sites for hydroxylation is 5. The number of carbonyl (C=O) groups excluding carboxylic acids is 1. The van der Waals surface area contributed by atoms with Crippen LogP contribution >= 0.6 is 0 Å². The summed E-state index contributed by atoms with van der Waals surface area (Å²) in [6.07, 6.45) is 1.85. The molecule has 1 amide bonds. The third-order valence-electron chi connectivity index (χ3n) is 4.88. The highest BCUT2D eigenvalue weighted by Gasteiger charge is 2.16. The van der Waals surface area contributed by atoms with E-state index in [1.165, 1.54) is 5.56 Å². The van der Waals surface area contributed by atoms with Crippen LogP contribution in [0.5, 0.6) is 0 Å². The van der Waals surface area contributed by atoms with Gasteiger partial charge >= 0.3 is 0 Å². The van der Waals surface area contributed by atoms with Crippen molar-refractivity contribution in [3.63, 3.8) is 0 Å². The Bertz CT molecular complexity index is 1220.